The fourth-order valence-electron chi connectivity index (χ4n) is 3.97. The molecule has 5 aromatic rings. The SMILES string of the molecule is Fc1ccc2c(c1)c(-c1ccccc1)c(-c1ccccc1)c1ccccc12. The zero-order valence-electron chi connectivity index (χ0n) is 14.7. The van der Waals surface area contributed by atoms with Gasteiger partial charge in [-0.1, -0.05) is 91.0 Å². The Morgan fingerprint density at radius 3 is 1.52 bits per heavy atom. The Morgan fingerprint density at radius 1 is 0.407 bits per heavy atom. The number of hydrogen-bond donors (Lipinski definition) is 0. The maximum atomic E-state index is 14.3. The first kappa shape index (κ1) is 15.8. The van der Waals surface area contributed by atoms with Crippen LogP contribution in [0.25, 0.3) is 43.8 Å². The van der Waals surface area contributed by atoms with Crippen molar-refractivity contribution in [2.75, 3.05) is 0 Å². The lowest BCUT2D eigenvalue weighted by molar-refractivity contribution is 0.630. The minimum atomic E-state index is -0.214. The minimum absolute atomic E-state index is 0.214. The smallest absolute Gasteiger partial charge is 0.123 e. The minimum Gasteiger partial charge on any atom is -0.207 e. The molecule has 5 aromatic carbocycles. The van der Waals surface area contributed by atoms with Crippen LogP contribution in [-0.4, -0.2) is 0 Å². The summed E-state index contributed by atoms with van der Waals surface area (Å²) in [5.74, 6) is -0.214. The quantitative estimate of drug-likeness (QED) is 0.290. The summed E-state index contributed by atoms with van der Waals surface area (Å²) in [6.45, 7) is 0. The Labute approximate surface area is 157 Å². The maximum absolute atomic E-state index is 14.3. The molecule has 0 N–H and O–H groups in total. The molecule has 0 aliphatic rings. The van der Waals surface area contributed by atoms with Gasteiger partial charge in [0.1, 0.15) is 5.82 Å². The zero-order chi connectivity index (χ0) is 18.2. The highest BCUT2D eigenvalue weighted by Gasteiger charge is 2.17. The predicted molar refractivity (Wildman–Crippen MR) is 112 cm³/mol. The molecule has 0 spiro atoms. The van der Waals surface area contributed by atoms with Crippen molar-refractivity contribution in [2.45, 2.75) is 0 Å². The van der Waals surface area contributed by atoms with E-state index in [9.17, 15) is 4.39 Å². The van der Waals surface area contributed by atoms with Gasteiger partial charge in [-0.15, -0.1) is 0 Å². The van der Waals surface area contributed by atoms with Crippen molar-refractivity contribution in [1.82, 2.24) is 0 Å². The molecule has 0 radical (unpaired) electrons. The van der Waals surface area contributed by atoms with E-state index in [4.69, 9.17) is 0 Å². The van der Waals surface area contributed by atoms with Crippen LogP contribution in [0.15, 0.2) is 103 Å². The summed E-state index contributed by atoms with van der Waals surface area (Å²) in [7, 11) is 0. The second kappa shape index (κ2) is 6.37. The summed E-state index contributed by atoms with van der Waals surface area (Å²) in [6.07, 6.45) is 0. The molecule has 0 aliphatic carbocycles. The molecule has 0 fully saturated rings. The fraction of sp³-hybridized carbons (Fsp3) is 0. The van der Waals surface area contributed by atoms with Crippen molar-refractivity contribution in [3.63, 3.8) is 0 Å². The van der Waals surface area contributed by atoms with Crippen LogP contribution in [0, 0.1) is 5.82 Å². The Morgan fingerprint density at radius 2 is 0.889 bits per heavy atom. The summed E-state index contributed by atoms with van der Waals surface area (Å²) in [5.41, 5.74) is 4.46. The highest BCUT2D eigenvalue weighted by molar-refractivity contribution is 6.21. The second-order valence-corrected chi connectivity index (χ2v) is 6.72. The first-order valence-electron chi connectivity index (χ1n) is 9.08. The Hall–Kier alpha value is -3.45. The number of halogens is 1. The van der Waals surface area contributed by atoms with Crippen molar-refractivity contribution in [3.8, 4) is 22.3 Å². The molecule has 0 aliphatic heterocycles. The first-order valence-corrected chi connectivity index (χ1v) is 9.08. The summed E-state index contributed by atoms with van der Waals surface area (Å²) in [4.78, 5) is 0. The van der Waals surface area contributed by atoms with E-state index in [0.29, 0.717) is 0 Å². The predicted octanol–water partition coefficient (Wildman–Crippen LogP) is 7.47. The third-order valence-electron chi connectivity index (χ3n) is 5.11. The molecule has 27 heavy (non-hydrogen) atoms. The van der Waals surface area contributed by atoms with Crippen LogP contribution in [0.5, 0.6) is 0 Å². The topological polar surface area (TPSA) is 0 Å². The van der Waals surface area contributed by atoms with E-state index in [0.717, 1.165) is 38.4 Å². The normalized spacial score (nSPS) is 11.1. The van der Waals surface area contributed by atoms with Crippen LogP contribution in [0.2, 0.25) is 0 Å². The van der Waals surface area contributed by atoms with E-state index >= 15 is 0 Å². The van der Waals surface area contributed by atoms with Gasteiger partial charge in [0.15, 0.2) is 0 Å². The zero-order valence-corrected chi connectivity index (χ0v) is 14.7. The Balaban J connectivity index is 2.07. The standard InChI is InChI=1S/C26H17F/c27-20-15-16-22-21-13-7-8-14-23(21)25(18-9-3-1-4-10-18)26(24(22)17-20)19-11-5-2-6-12-19/h1-17H. The fourth-order valence-corrected chi connectivity index (χ4v) is 3.97. The molecule has 0 amide bonds. The van der Waals surface area contributed by atoms with Gasteiger partial charge in [0, 0.05) is 0 Å². The maximum Gasteiger partial charge on any atom is 0.123 e. The third-order valence-corrected chi connectivity index (χ3v) is 5.11. The van der Waals surface area contributed by atoms with E-state index in [1.165, 1.54) is 5.39 Å². The van der Waals surface area contributed by atoms with Crippen LogP contribution in [0.1, 0.15) is 0 Å². The van der Waals surface area contributed by atoms with Gasteiger partial charge in [-0.2, -0.15) is 0 Å². The molecule has 0 atom stereocenters. The van der Waals surface area contributed by atoms with Crippen molar-refractivity contribution < 1.29 is 4.39 Å². The van der Waals surface area contributed by atoms with Crippen molar-refractivity contribution >= 4 is 21.5 Å². The number of hydrogen-bond acceptors (Lipinski definition) is 0. The Bertz CT molecular complexity index is 1260. The largest absolute Gasteiger partial charge is 0.207 e. The summed E-state index contributed by atoms with van der Waals surface area (Å²) in [6, 6.07) is 34.1. The molecule has 0 unspecified atom stereocenters. The Kier molecular flexibility index (Phi) is 3.72. The average Bonchev–Trinajstić information content (AvgIpc) is 2.74. The van der Waals surface area contributed by atoms with Gasteiger partial charge in [0.05, 0.1) is 0 Å². The molecule has 0 heterocycles. The van der Waals surface area contributed by atoms with Gasteiger partial charge in [-0.05, 0) is 55.9 Å². The molecular weight excluding hydrogens is 331 g/mol. The van der Waals surface area contributed by atoms with Crippen LogP contribution in [-0.2, 0) is 0 Å². The third kappa shape index (κ3) is 2.60. The lowest BCUT2D eigenvalue weighted by atomic mass is 9.85. The molecule has 0 aromatic heterocycles. The molecule has 1 heteroatoms. The summed E-state index contributed by atoms with van der Waals surface area (Å²) < 4.78 is 14.3. The highest BCUT2D eigenvalue weighted by atomic mass is 19.1. The van der Waals surface area contributed by atoms with E-state index in [-0.39, 0.29) is 5.82 Å². The van der Waals surface area contributed by atoms with Gasteiger partial charge in [-0.3, -0.25) is 0 Å². The van der Waals surface area contributed by atoms with Crippen LogP contribution >= 0.6 is 0 Å². The van der Waals surface area contributed by atoms with Crippen molar-refractivity contribution in [1.29, 1.82) is 0 Å². The molecular formula is C26H17F. The van der Waals surface area contributed by atoms with Crippen molar-refractivity contribution in [2.24, 2.45) is 0 Å². The van der Waals surface area contributed by atoms with E-state index in [2.05, 4.69) is 54.6 Å². The molecule has 0 saturated carbocycles. The van der Waals surface area contributed by atoms with E-state index < -0.39 is 0 Å². The number of rotatable bonds is 2. The van der Waals surface area contributed by atoms with Crippen LogP contribution in [0.3, 0.4) is 0 Å². The average molecular weight is 348 g/mol. The van der Waals surface area contributed by atoms with Gasteiger partial charge < -0.3 is 0 Å². The first-order chi connectivity index (χ1) is 13.3. The van der Waals surface area contributed by atoms with Gasteiger partial charge in [0.25, 0.3) is 0 Å². The lowest BCUT2D eigenvalue weighted by Gasteiger charge is -2.18. The number of fused-ring (bicyclic) bond motifs is 3. The highest BCUT2D eigenvalue weighted by Crippen LogP contribution is 2.44. The summed E-state index contributed by atoms with van der Waals surface area (Å²) >= 11 is 0. The molecule has 128 valence electrons. The number of benzene rings is 5. The van der Waals surface area contributed by atoms with E-state index in [1.807, 2.05) is 36.4 Å². The van der Waals surface area contributed by atoms with Crippen molar-refractivity contribution in [3.05, 3.63) is 109 Å². The lowest BCUT2D eigenvalue weighted by Crippen LogP contribution is -1.92. The van der Waals surface area contributed by atoms with Gasteiger partial charge in [-0.25, -0.2) is 4.39 Å². The van der Waals surface area contributed by atoms with Gasteiger partial charge >= 0.3 is 0 Å². The molecule has 0 nitrogen and oxygen atoms in total. The monoisotopic (exact) mass is 348 g/mol. The molecule has 0 saturated heterocycles. The summed E-state index contributed by atoms with van der Waals surface area (Å²) in [5, 5.41) is 4.34. The van der Waals surface area contributed by atoms with Crippen LogP contribution < -0.4 is 0 Å². The molecule has 0 bridgehead atoms. The van der Waals surface area contributed by atoms with Crippen LogP contribution in [0.4, 0.5) is 4.39 Å². The molecule has 5 rings (SSSR count). The van der Waals surface area contributed by atoms with E-state index in [1.54, 1.807) is 12.1 Å². The van der Waals surface area contributed by atoms with Gasteiger partial charge in [0.2, 0.25) is 0 Å². The second-order valence-electron chi connectivity index (χ2n) is 6.72.